The smallest absolute Gasteiger partial charge is 0.341 e. The zero-order chi connectivity index (χ0) is 23.8. The van der Waals surface area contributed by atoms with Gasteiger partial charge in [0.05, 0.1) is 5.56 Å². The Morgan fingerprint density at radius 2 is 1.82 bits per heavy atom. The summed E-state index contributed by atoms with van der Waals surface area (Å²) in [5.74, 6) is -2.48. The van der Waals surface area contributed by atoms with E-state index in [9.17, 15) is 31.9 Å². The normalized spacial score (nSPS) is 17.9. The molecule has 0 atom stereocenters. The highest BCUT2D eigenvalue weighted by Gasteiger charge is 2.53. The quantitative estimate of drug-likeness (QED) is 0.528. The number of alkyl halides is 3. The molecule has 13 heteroatoms. The molecule has 0 unspecified atom stereocenters. The van der Waals surface area contributed by atoms with Crippen molar-refractivity contribution in [2.75, 3.05) is 29.9 Å². The summed E-state index contributed by atoms with van der Waals surface area (Å²) in [5, 5.41) is 4.85. The van der Waals surface area contributed by atoms with Crippen LogP contribution in [0, 0.1) is 5.82 Å². The second-order valence-electron chi connectivity index (χ2n) is 7.68. The minimum Gasteiger partial charge on any atom is -0.341 e. The van der Waals surface area contributed by atoms with Gasteiger partial charge in [0.2, 0.25) is 11.9 Å². The fraction of sp³-hybridized carbons (Fsp3) is 0.350. The van der Waals surface area contributed by atoms with Gasteiger partial charge < -0.3 is 15.5 Å². The number of carbonyl (C=O) groups is 3. The summed E-state index contributed by atoms with van der Waals surface area (Å²) in [6, 6.07) is 2.84. The maximum Gasteiger partial charge on any atom is 0.419 e. The summed E-state index contributed by atoms with van der Waals surface area (Å²) in [6.45, 7) is 0.141. The van der Waals surface area contributed by atoms with E-state index < -0.39 is 47.5 Å². The van der Waals surface area contributed by atoms with E-state index in [2.05, 4.69) is 20.6 Å². The fourth-order valence-corrected chi connectivity index (χ4v) is 3.87. The van der Waals surface area contributed by atoms with Gasteiger partial charge >= 0.3 is 12.2 Å². The van der Waals surface area contributed by atoms with Crippen molar-refractivity contribution in [3.05, 3.63) is 48.0 Å². The first kappa shape index (κ1) is 22.4. The van der Waals surface area contributed by atoms with Crippen LogP contribution in [0.4, 0.5) is 34.0 Å². The van der Waals surface area contributed by atoms with Crippen LogP contribution in [0.25, 0.3) is 0 Å². The number of hydrogen-bond acceptors (Lipinski definition) is 6. The van der Waals surface area contributed by atoms with Crippen molar-refractivity contribution in [2.45, 2.75) is 24.6 Å². The number of urea groups is 1. The van der Waals surface area contributed by atoms with Crippen LogP contribution in [0.15, 0.2) is 36.7 Å². The number of hydrogen-bond donors (Lipinski definition) is 2. The Kier molecular flexibility index (Phi) is 5.64. The van der Waals surface area contributed by atoms with E-state index in [1.54, 1.807) is 18.5 Å². The zero-order valence-corrected chi connectivity index (χ0v) is 17.0. The standard InChI is InChI=1S/C20H18F4N6O3/c21-14-10-12(2-3-13(14)20(22,23)24)27-15(31)11-30-16(32)19(28-18(30)33)4-8-29(9-5-19)17-25-6-1-7-26-17/h1-3,6-7,10H,4-5,8-9,11H2,(H,27,31)(H,28,33). The third-order valence-corrected chi connectivity index (χ3v) is 5.56. The van der Waals surface area contributed by atoms with E-state index in [1.165, 1.54) is 0 Å². The monoisotopic (exact) mass is 466 g/mol. The van der Waals surface area contributed by atoms with Crippen molar-refractivity contribution in [1.82, 2.24) is 20.2 Å². The van der Waals surface area contributed by atoms with Crippen molar-refractivity contribution in [3.8, 4) is 0 Å². The first-order chi connectivity index (χ1) is 15.6. The van der Waals surface area contributed by atoms with Crippen molar-refractivity contribution in [3.63, 3.8) is 0 Å². The topological polar surface area (TPSA) is 108 Å². The summed E-state index contributed by atoms with van der Waals surface area (Å²) in [6.07, 6.45) is -1.13. The Morgan fingerprint density at radius 1 is 1.15 bits per heavy atom. The Balaban J connectivity index is 1.38. The highest BCUT2D eigenvalue weighted by molar-refractivity contribution is 6.10. The molecule has 0 saturated carbocycles. The minimum atomic E-state index is -4.87. The summed E-state index contributed by atoms with van der Waals surface area (Å²) < 4.78 is 51.7. The van der Waals surface area contributed by atoms with Gasteiger partial charge in [-0.2, -0.15) is 13.2 Å². The zero-order valence-electron chi connectivity index (χ0n) is 17.0. The first-order valence-corrected chi connectivity index (χ1v) is 9.92. The lowest BCUT2D eigenvalue weighted by molar-refractivity contribution is -0.140. The molecule has 0 radical (unpaired) electrons. The Labute approximate surface area is 184 Å². The third-order valence-electron chi connectivity index (χ3n) is 5.56. The molecule has 2 saturated heterocycles. The highest BCUT2D eigenvalue weighted by atomic mass is 19.4. The maximum absolute atomic E-state index is 13.7. The van der Waals surface area contributed by atoms with Crippen LogP contribution in [0.1, 0.15) is 18.4 Å². The van der Waals surface area contributed by atoms with E-state index in [-0.39, 0.29) is 18.5 Å². The van der Waals surface area contributed by atoms with Gasteiger partial charge in [0.25, 0.3) is 5.91 Å². The molecule has 2 N–H and O–H groups in total. The molecule has 3 heterocycles. The van der Waals surface area contributed by atoms with Crippen molar-refractivity contribution in [1.29, 1.82) is 0 Å². The molecule has 2 fully saturated rings. The molecular formula is C20H18F4N6O3. The Morgan fingerprint density at radius 3 is 2.42 bits per heavy atom. The number of amides is 4. The number of carbonyl (C=O) groups excluding carboxylic acids is 3. The number of imide groups is 1. The lowest BCUT2D eigenvalue weighted by Gasteiger charge is -2.37. The van der Waals surface area contributed by atoms with Crippen LogP contribution >= 0.6 is 0 Å². The molecule has 2 aromatic rings. The molecule has 4 rings (SSSR count). The largest absolute Gasteiger partial charge is 0.419 e. The van der Waals surface area contributed by atoms with Crippen molar-refractivity contribution >= 4 is 29.5 Å². The molecule has 1 aromatic heterocycles. The van der Waals surface area contributed by atoms with Crippen LogP contribution in [0.3, 0.4) is 0 Å². The third kappa shape index (κ3) is 4.43. The number of benzene rings is 1. The van der Waals surface area contributed by atoms with Gasteiger partial charge in [0.1, 0.15) is 17.9 Å². The second kappa shape index (κ2) is 8.30. The molecule has 9 nitrogen and oxygen atoms in total. The number of piperidine rings is 1. The van der Waals surface area contributed by atoms with Crippen LogP contribution < -0.4 is 15.5 Å². The number of nitrogens with zero attached hydrogens (tertiary/aromatic N) is 4. The SMILES string of the molecule is O=C(CN1C(=O)NC2(CCN(c3ncccn3)CC2)C1=O)Nc1ccc(C(F)(F)F)c(F)c1. The van der Waals surface area contributed by atoms with Crippen molar-refractivity contribution < 1.29 is 31.9 Å². The maximum atomic E-state index is 13.7. The molecule has 2 aliphatic rings. The van der Waals surface area contributed by atoms with E-state index in [0.29, 0.717) is 31.2 Å². The van der Waals surface area contributed by atoms with Crippen LogP contribution in [0.2, 0.25) is 0 Å². The second-order valence-corrected chi connectivity index (χ2v) is 7.68. The van der Waals surface area contributed by atoms with Gasteiger partial charge in [-0.15, -0.1) is 0 Å². The summed E-state index contributed by atoms with van der Waals surface area (Å²) in [7, 11) is 0. The lowest BCUT2D eigenvalue weighted by Crippen LogP contribution is -2.55. The van der Waals surface area contributed by atoms with E-state index in [4.69, 9.17) is 0 Å². The molecule has 1 spiro atoms. The number of halogens is 4. The van der Waals surface area contributed by atoms with Gasteiger partial charge in [-0.3, -0.25) is 14.5 Å². The molecule has 2 aliphatic heterocycles. The number of rotatable bonds is 4. The first-order valence-electron chi connectivity index (χ1n) is 9.92. The van der Waals surface area contributed by atoms with Gasteiger partial charge in [0, 0.05) is 31.2 Å². The molecule has 0 bridgehead atoms. The van der Waals surface area contributed by atoms with Crippen molar-refractivity contribution in [2.24, 2.45) is 0 Å². The summed E-state index contributed by atoms with van der Waals surface area (Å²) in [4.78, 5) is 48.6. The van der Waals surface area contributed by atoms with Crippen LogP contribution in [-0.2, 0) is 15.8 Å². The van der Waals surface area contributed by atoms with E-state index >= 15 is 0 Å². The molecule has 174 valence electrons. The predicted octanol–water partition coefficient (Wildman–Crippen LogP) is 2.16. The predicted molar refractivity (Wildman–Crippen MR) is 106 cm³/mol. The average Bonchev–Trinajstić information content (AvgIpc) is 2.98. The Hall–Kier alpha value is -3.77. The molecule has 1 aromatic carbocycles. The number of nitrogens with one attached hydrogen (secondary N) is 2. The highest BCUT2D eigenvalue weighted by Crippen LogP contribution is 2.33. The minimum absolute atomic E-state index is 0.233. The van der Waals surface area contributed by atoms with E-state index in [0.717, 1.165) is 11.0 Å². The molecule has 4 amide bonds. The number of aromatic nitrogens is 2. The molecule has 33 heavy (non-hydrogen) atoms. The van der Waals surface area contributed by atoms with Crippen LogP contribution in [0.5, 0.6) is 0 Å². The number of anilines is 2. The summed E-state index contributed by atoms with van der Waals surface area (Å²) >= 11 is 0. The molecule has 0 aliphatic carbocycles. The van der Waals surface area contributed by atoms with E-state index in [1.807, 2.05) is 4.90 Å². The average molecular weight is 466 g/mol. The van der Waals surface area contributed by atoms with Gasteiger partial charge in [-0.1, -0.05) is 0 Å². The van der Waals surface area contributed by atoms with Gasteiger partial charge in [-0.25, -0.2) is 19.2 Å². The molecular weight excluding hydrogens is 448 g/mol. The van der Waals surface area contributed by atoms with Gasteiger partial charge in [0.15, 0.2) is 0 Å². The van der Waals surface area contributed by atoms with Crippen LogP contribution in [-0.4, -0.2) is 57.9 Å². The fourth-order valence-electron chi connectivity index (χ4n) is 3.87. The lowest BCUT2D eigenvalue weighted by atomic mass is 9.87. The van der Waals surface area contributed by atoms with Gasteiger partial charge in [-0.05, 0) is 37.1 Å². The Bertz CT molecular complexity index is 1090. The summed E-state index contributed by atoms with van der Waals surface area (Å²) in [5.41, 5.74) is -2.87.